The van der Waals surface area contributed by atoms with Crippen molar-refractivity contribution in [3.8, 4) is 11.5 Å². The second kappa shape index (κ2) is 8.78. The Morgan fingerprint density at radius 3 is 2.56 bits per heavy atom. The predicted molar refractivity (Wildman–Crippen MR) is 120 cm³/mol. The number of rotatable bonds is 6. The van der Waals surface area contributed by atoms with Crippen molar-refractivity contribution in [3.05, 3.63) is 70.5 Å². The topological polar surface area (TPSA) is 111 Å². The van der Waals surface area contributed by atoms with Crippen LogP contribution >= 0.6 is 23.2 Å². The lowest BCUT2D eigenvalue weighted by Crippen LogP contribution is -2.13. The molecule has 11 heteroatoms. The summed E-state index contributed by atoms with van der Waals surface area (Å²) in [7, 11) is -3.91. The first-order valence-corrected chi connectivity index (χ1v) is 11.5. The third kappa shape index (κ3) is 4.55. The Morgan fingerprint density at radius 2 is 1.84 bits per heavy atom. The van der Waals surface area contributed by atoms with E-state index in [4.69, 9.17) is 32.5 Å². The molecular weight excluding hydrogens is 477 g/mol. The summed E-state index contributed by atoms with van der Waals surface area (Å²) in [6, 6.07) is 14.3. The van der Waals surface area contributed by atoms with Gasteiger partial charge in [-0.3, -0.25) is 4.72 Å². The number of fused-ring (bicyclic) bond motifs is 1. The molecule has 0 bridgehead atoms. The summed E-state index contributed by atoms with van der Waals surface area (Å²) in [5.74, 6) is -0.718. The summed E-state index contributed by atoms with van der Waals surface area (Å²) in [5, 5.41) is 5.51. The summed E-state index contributed by atoms with van der Waals surface area (Å²) in [5.41, 5.74) is 0.921. The van der Waals surface area contributed by atoms with Gasteiger partial charge in [-0.05, 0) is 59.3 Å². The average molecular weight is 492 g/mol. The fraction of sp³-hybridized carbons (Fsp3) is 0.0952. The van der Waals surface area contributed by atoms with Gasteiger partial charge in [0.15, 0.2) is 0 Å². The van der Waals surface area contributed by atoms with E-state index in [1.54, 1.807) is 43.3 Å². The van der Waals surface area contributed by atoms with Gasteiger partial charge in [-0.25, -0.2) is 13.2 Å². The molecule has 164 valence electrons. The number of aromatic nitrogens is 2. The second-order valence-corrected chi connectivity index (χ2v) is 9.15. The Balaban J connectivity index is 1.67. The SMILES string of the molecule is CCOC(=O)c1noc(-c2cccc3cc(NS(=O)(=O)c4cc(Cl)cc(Cl)c4)ccc23)n1. The van der Waals surface area contributed by atoms with Crippen LogP contribution in [-0.2, 0) is 14.8 Å². The standard InChI is InChI=1S/C21H15Cl2N3O5S/c1-2-30-21(27)19-24-20(31-25-19)18-5-3-4-12-8-15(6-7-17(12)18)26-32(28,29)16-10-13(22)9-14(23)11-16/h3-11,26H,2H2,1H3. The highest BCUT2D eigenvalue weighted by Gasteiger charge is 2.19. The maximum atomic E-state index is 12.7. The van der Waals surface area contributed by atoms with E-state index in [1.807, 2.05) is 0 Å². The summed E-state index contributed by atoms with van der Waals surface area (Å²) in [4.78, 5) is 15.8. The average Bonchev–Trinajstić information content (AvgIpc) is 3.22. The van der Waals surface area contributed by atoms with Crippen molar-refractivity contribution in [2.75, 3.05) is 11.3 Å². The van der Waals surface area contributed by atoms with Crippen LogP contribution in [0.5, 0.6) is 0 Å². The van der Waals surface area contributed by atoms with Crippen LogP contribution in [0.25, 0.3) is 22.2 Å². The second-order valence-electron chi connectivity index (χ2n) is 6.60. The molecule has 1 heterocycles. The number of esters is 1. The summed E-state index contributed by atoms with van der Waals surface area (Å²) >= 11 is 11.9. The lowest BCUT2D eigenvalue weighted by molar-refractivity contribution is 0.0508. The number of carbonyl (C=O) groups is 1. The number of ether oxygens (including phenoxy) is 1. The number of hydrogen-bond donors (Lipinski definition) is 1. The van der Waals surface area contributed by atoms with Gasteiger partial charge >= 0.3 is 5.97 Å². The summed E-state index contributed by atoms with van der Waals surface area (Å²) < 4.78 is 38.1. The maximum Gasteiger partial charge on any atom is 0.379 e. The van der Waals surface area contributed by atoms with Crippen molar-refractivity contribution < 1.29 is 22.5 Å². The van der Waals surface area contributed by atoms with Gasteiger partial charge in [-0.15, -0.1) is 0 Å². The number of anilines is 1. The molecule has 4 aromatic rings. The first kappa shape index (κ1) is 22.1. The van der Waals surface area contributed by atoms with Gasteiger partial charge in [-0.1, -0.05) is 41.4 Å². The van der Waals surface area contributed by atoms with Crippen LogP contribution in [0.2, 0.25) is 10.0 Å². The minimum absolute atomic E-state index is 0.0544. The Morgan fingerprint density at radius 1 is 1.09 bits per heavy atom. The highest BCUT2D eigenvalue weighted by Crippen LogP contribution is 2.31. The minimum atomic E-state index is -3.91. The number of benzene rings is 3. The fourth-order valence-electron chi connectivity index (χ4n) is 3.04. The largest absolute Gasteiger partial charge is 0.460 e. The van der Waals surface area contributed by atoms with Crippen molar-refractivity contribution in [1.82, 2.24) is 10.1 Å². The lowest BCUT2D eigenvalue weighted by Gasteiger charge is -2.10. The molecule has 0 spiro atoms. The van der Waals surface area contributed by atoms with Gasteiger partial charge in [0, 0.05) is 21.3 Å². The van der Waals surface area contributed by atoms with Crippen molar-refractivity contribution >= 4 is 55.7 Å². The molecule has 0 radical (unpaired) electrons. The Hall–Kier alpha value is -3.14. The molecule has 0 unspecified atom stereocenters. The highest BCUT2D eigenvalue weighted by molar-refractivity contribution is 7.92. The van der Waals surface area contributed by atoms with Crippen LogP contribution in [0, 0.1) is 0 Å². The third-order valence-corrected chi connectivity index (χ3v) is 6.19. The highest BCUT2D eigenvalue weighted by atomic mass is 35.5. The maximum absolute atomic E-state index is 12.7. The quantitative estimate of drug-likeness (QED) is 0.370. The molecular formula is C21H15Cl2N3O5S. The van der Waals surface area contributed by atoms with Crippen LogP contribution in [0.15, 0.2) is 64.0 Å². The molecule has 0 saturated carbocycles. The van der Waals surface area contributed by atoms with Gasteiger partial charge in [0.2, 0.25) is 0 Å². The van der Waals surface area contributed by atoms with Crippen molar-refractivity contribution in [3.63, 3.8) is 0 Å². The molecule has 3 aromatic carbocycles. The third-order valence-electron chi connectivity index (χ3n) is 4.39. The van der Waals surface area contributed by atoms with E-state index in [9.17, 15) is 13.2 Å². The number of carbonyl (C=O) groups excluding carboxylic acids is 1. The molecule has 0 aliphatic carbocycles. The van der Waals surface area contributed by atoms with Gasteiger partial charge in [0.05, 0.1) is 11.5 Å². The van der Waals surface area contributed by atoms with E-state index in [1.165, 1.54) is 18.2 Å². The molecule has 0 aliphatic rings. The monoisotopic (exact) mass is 491 g/mol. The predicted octanol–water partition coefficient (Wildman–Crippen LogP) is 5.17. The summed E-state index contributed by atoms with van der Waals surface area (Å²) in [6.07, 6.45) is 0. The molecule has 0 fully saturated rings. The lowest BCUT2D eigenvalue weighted by atomic mass is 10.0. The fourth-order valence-corrected chi connectivity index (χ4v) is 4.82. The minimum Gasteiger partial charge on any atom is -0.460 e. The number of hydrogen-bond acceptors (Lipinski definition) is 7. The molecule has 8 nitrogen and oxygen atoms in total. The van der Waals surface area contributed by atoms with Crippen LogP contribution < -0.4 is 4.72 Å². The zero-order chi connectivity index (χ0) is 22.9. The van der Waals surface area contributed by atoms with Crippen LogP contribution in [0.4, 0.5) is 5.69 Å². The molecule has 0 amide bonds. The first-order chi connectivity index (χ1) is 15.3. The number of halogens is 2. The zero-order valence-electron chi connectivity index (χ0n) is 16.5. The Bertz CT molecular complexity index is 1420. The smallest absolute Gasteiger partial charge is 0.379 e. The Labute approximate surface area is 193 Å². The number of nitrogens with one attached hydrogen (secondary N) is 1. The van der Waals surface area contributed by atoms with E-state index < -0.39 is 16.0 Å². The van der Waals surface area contributed by atoms with E-state index in [0.717, 1.165) is 5.39 Å². The van der Waals surface area contributed by atoms with E-state index >= 15 is 0 Å². The number of sulfonamides is 1. The molecule has 1 aromatic heterocycles. The van der Waals surface area contributed by atoms with Crippen molar-refractivity contribution in [2.24, 2.45) is 0 Å². The van der Waals surface area contributed by atoms with Crippen LogP contribution in [-0.4, -0.2) is 31.1 Å². The first-order valence-electron chi connectivity index (χ1n) is 9.30. The van der Waals surface area contributed by atoms with Gasteiger partial charge in [0.25, 0.3) is 21.7 Å². The van der Waals surface area contributed by atoms with Gasteiger partial charge in [-0.2, -0.15) is 4.98 Å². The van der Waals surface area contributed by atoms with Gasteiger partial charge in [0.1, 0.15) is 0 Å². The van der Waals surface area contributed by atoms with E-state index in [0.29, 0.717) is 16.6 Å². The molecule has 4 rings (SSSR count). The summed E-state index contributed by atoms with van der Waals surface area (Å²) in [6.45, 7) is 1.87. The van der Waals surface area contributed by atoms with E-state index in [2.05, 4.69) is 14.9 Å². The van der Waals surface area contributed by atoms with Crippen molar-refractivity contribution in [2.45, 2.75) is 11.8 Å². The zero-order valence-corrected chi connectivity index (χ0v) is 18.8. The molecule has 0 atom stereocenters. The van der Waals surface area contributed by atoms with Crippen LogP contribution in [0.1, 0.15) is 17.5 Å². The molecule has 0 saturated heterocycles. The van der Waals surface area contributed by atoms with E-state index in [-0.39, 0.29) is 33.3 Å². The molecule has 1 N–H and O–H groups in total. The van der Waals surface area contributed by atoms with Crippen LogP contribution in [0.3, 0.4) is 0 Å². The Kier molecular flexibility index (Phi) is 6.05. The number of nitrogens with zero attached hydrogens (tertiary/aromatic N) is 2. The van der Waals surface area contributed by atoms with Crippen molar-refractivity contribution in [1.29, 1.82) is 0 Å². The van der Waals surface area contributed by atoms with Gasteiger partial charge < -0.3 is 9.26 Å². The molecule has 32 heavy (non-hydrogen) atoms. The molecule has 0 aliphatic heterocycles. The normalized spacial score (nSPS) is 11.5.